The van der Waals surface area contributed by atoms with Gasteiger partial charge in [0.15, 0.2) is 11.5 Å². The van der Waals surface area contributed by atoms with Gasteiger partial charge in [0, 0.05) is 18.3 Å². The molecule has 21 heavy (non-hydrogen) atoms. The van der Waals surface area contributed by atoms with Gasteiger partial charge in [-0.05, 0) is 39.7 Å². The summed E-state index contributed by atoms with van der Waals surface area (Å²) in [7, 11) is 1.57. The second-order valence-electron chi connectivity index (χ2n) is 4.22. The molecule has 0 aliphatic heterocycles. The van der Waals surface area contributed by atoms with E-state index in [1.54, 1.807) is 25.4 Å². The zero-order chi connectivity index (χ0) is 15.2. The lowest BCUT2D eigenvalue weighted by atomic mass is 10.2. The fraction of sp³-hybridized carbons (Fsp3) is 0.200. The van der Waals surface area contributed by atoms with Crippen molar-refractivity contribution in [3.8, 4) is 17.6 Å². The molecule has 108 valence electrons. The third-order valence-corrected chi connectivity index (χ3v) is 3.48. The maximum atomic E-state index is 9.02. The van der Waals surface area contributed by atoms with Gasteiger partial charge in [-0.15, -0.1) is 0 Å². The summed E-state index contributed by atoms with van der Waals surface area (Å²) in [6.07, 6.45) is 1.58. The highest BCUT2D eigenvalue weighted by molar-refractivity contribution is 9.10. The number of nitrogens with two attached hydrogens (primary N) is 1. The van der Waals surface area contributed by atoms with Gasteiger partial charge in [-0.1, -0.05) is 6.07 Å². The average molecular weight is 348 g/mol. The van der Waals surface area contributed by atoms with Gasteiger partial charge in [0.25, 0.3) is 0 Å². The topological polar surface area (TPSA) is 81.2 Å². The molecule has 5 nitrogen and oxygen atoms in total. The summed E-state index contributed by atoms with van der Waals surface area (Å²) in [6.45, 7) is 0.643. The molecule has 0 saturated carbocycles. The molecule has 0 radical (unpaired) electrons. The quantitative estimate of drug-likeness (QED) is 0.899. The summed E-state index contributed by atoms with van der Waals surface area (Å²) in [5.41, 5.74) is 7.64. The van der Waals surface area contributed by atoms with Crippen LogP contribution in [0.3, 0.4) is 0 Å². The second kappa shape index (κ2) is 7.07. The molecule has 1 heterocycles. The summed E-state index contributed by atoms with van der Waals surface area (Å²) in [4.78, 5) is 4.00. The Morgan fingerprint density at radius 3 is 2.90 bits per heavy atom. The smallest absolute Gasteiger partial charge is 0.175 e. The Balaban J connectivity index is 2.26. The Bertz CT molecular complexity index is 683. The van der Waals surface area contributed by atoms with Crippen molar-refractivity contribution in [3.63, 3.8) is 0 Å². The monoisotopic (exact) mass is 347 g/mol. The first-order chi connectivity index (χ1) is 10.2. The van der Waals surface area contributed by atoms with Crippen molar-refractivity contribution in [2.45, 2.75) is 13.2 Å². The Hall–Kier alpha value is -2.10. The number of hydrogen-bond acceptors (Lipinski definition) is 5. The highest BCUT2D eigenvalue weighted by Gasteiger charge is 2.12. The van der Waals surface area contributed by atoms with Crippen molar-refractivity contribution in [1.29, 1.82) is 5.26 Å². The Kier molecular flexibility index (Phi) is 5.14. The highest BCUT2D eigenvalue weighted by Crippen LogP contribution is 2.37. The fourth-order valence-corrected chi connectivity index (χ4v) is 2.44. The van der Waals surface area contributed by atoms with E-state index in [4.69, 9.17) is 20.5 Å². The molecule has 0 bridgehead atoms. The molecule has 1 aromatic carbocycles. The van der Waals surface area contributed by atoms with Crippen molar-refractivity contribution in [1.82, 2.24) is 4.98 Å². The average Bonchev–Trinajstić information content (AvgIpc) is 2.53. The molecule has 0 atom stereocenters. The van der Waals surface area contributed by atoms with E-state index >= 15 is 0 Å². The molecule has 2 rings (SSSR count). The number of methoxy groups -OCH3 is 1. The van der Waals surface area contributed by atoms with Crippen LogP contribution in [0, 0.1) is 11.3 Å². The Morgan fingerprint density at radius 1 is 1.43 bits per heavy atom. The largest absolute Gasteiger partial charge is 0.493 e. The number of hydrogen-bond donors (Lipinski definition) is 1. The minimum Gasteiger partial charge on any atom is -0.493 e. The molecule has 0 fully saturated rings. The number of nitriles is 1. The molecule has 0 aliphatic carbocycles. The van der Waals surface area contributed by atoms with Crippen LogP contribution in [-0.2, 0) is 13.2 Å². The minimum absolute atomic E-state index is 0.230. The van der Waals surface area contributed by atoms with Crippen LogP contribution >= 0.6 is 15.9 Å². The van der Waals surface area contributed by atoms with Gasteiger partial charge in [-0.2, -0.15) is 5.26 Å². The van der Waals surface area contributed by atoms with E-state index in [1.807, 2.05) is 18.2 Å². The van der Waals surface area contributed by atoms with Gasteiger partial charge in [-0.25, -0.2) is 4.98 Å². The first-order valence-electron chi connectivity index (χ1n) is 6.22. The molecule has 1 aromatic heterocycles. The van der Waals surface area contributed by atoms with E-state index in [1.165, 1.54) is 0 Å². The molecular formula is C15H14BrN3O2. The van der Waals surface area contributed by atoms with Gasteiger partial charge >= 0.3 is 0 Å². The number of halogens is 1. The fourth-order valence-electron chi connectivity index (χ4n) is 1.84. The van der Waals surface area contributed by atoms with Gasteiger partial charge in [0.05, 0.1) is 11.6 Å². The predicted molar refractivity (Wildman–Crippen MR) is 81.9 cm³/mol. The van der Waals surface area contributed by atoms with Crippen molar-refractivity contribution < 1.29 is 9.47 Å². The number of nitrogens with zero attached hydrogens (tertiary/aromatic N) is 2. The van der Waals surface area contributed by atoms with Crippen LogP contribution in [0.15, 0.2) is 34.9 Å². The minimum atomic E-state index is 0.230. The highest BCUT2D eigenvalue weighted by atomic mass is 79.9. The van der Waals surface area contributed by atoms with Crippen molar-refractivity contribution in [3.05, 3.63) is 51.8 Å². The summed E-state index contributed by atoms with van der Waals surface area (Å²) >= 11 is 3.45. The van der Waals surface area contributed by atoms with Crippen LogP contribution < -0.4 is 15.2 Å². The zero-order valence-electron chi connectivity index (χ0n) is 11.5. The molecule has 0 spiro atoms. The van der Waals surface area contributed by atoms with E-state index in [0.717, 1.165) is 15.6 Å². The molecule has 0 saturated heterocycles. The van der Waals surface area contributed by atoms with E-state index < -0.39 is 0 Å². The van der Waals surface area contributed by atoms with Crippen molar-refractivity contribution in [2.75, 3.05) is 7.11 Å². The SMILES string of the molecule is COc1cc(CN)cc(Br)c1OCc1cccnc1C#N. The predicted octanol–water partition coefficient (Wildman–Crippen LogP) is 2.76. The van der Waals surface area contributed by atoms with Crippen molar-refractivity contribution in [2.24, 2.45) is 5.73 Å². The van der Waals surface area contributed by atoms with E-state index in [-0.39, 0.29) is 6.61 Å². The Labute approximate surface area is 131 Å². The lowest BCUT2D eigenvalue weighted by Gasteiger charge is -2.14. The van der Waals surface area contributed by atoms with E-state index in [2.05, 4.69) is 20.9 Å². The number of ether oxygens (including phenoxy) is 2. The summed E-state index contributed by atoms with van der Waals surface area (Å²) in [6, 6.07) is 9.32. The summed E-state index contributed by atoms with van der Waals surface area (Å²) in [5, 5.41) is 9.02. The lowest BCUT2D eigenvalue weighted by molar-refractivity contribution is 0.281. The normalized spacial score (nSPS) is 10.0. The summed E-state index contributed by atoms with van der Waals surface area (Å²) < 4.78 is 11.9. The number of aromatic nitrogens is 1. The van der Waals surface area contributed by atoms with Crippen LogP contribution in [-0.4, -0.2) is 12.1 Å². The standard InChI is InChI=1S/C15H14BrN3O2/c1-20-14-6-10(7-17)5-12(16)15(14)21-9-11-3-2-4-19-13(11)8-18/h2-6H,7,9,17H2,1H3. The van der Waals surface area contributed by atoms with Crippen LogP contribution in [0.4, 0.5) is 0 Å². The lowest BCUT2D eigenvalue weighted by Crippen LogP contribution is -2.03. The summed E-state index contributed by atoms with van der Waals surface area (Å²) in [5.74, 6) is 1.16. The molecule has 2 N–H and O–H groups in total. The number of benzene rings is 1. The van der Waals surface area contributed by atoms with Gasteiger partial charge in [-0.3, -0.25) is 0 Å². The van der Waals surface area contributed by atoms with Crippen molar-refractivity contribution >= 4 is 15.9 Å². The first kappa shape index (κ1) is 15.3. The van der Waals surface area contributed by atoms with E-state index in [0.29, 0.717) is 23.7 Å². The Morgan fingerprint density at radius 2 is 2.24 bits per heavy atom. The zero-order valence-corrected chi connectivity index (χ0v) is 13.1. The maximum Gasteiger partial charge on any atom is 0.175 e. The van der Waals surface area contributed by atoms with Crippen LogP contribution in [0.25, 0.3) is 0 Å². The maximum absolute atomic E-state index is 9.02. The molecule has 6 heteroatoms. The molecule has 0 amide bonds. The van der Waals surface area contributed by atoms with Crippen LogP contribution in [0.2, 0.25) is 0 Å². The number of rotatable bonds is 5. The van der Waals surface area contributed by atoms with Gasteiger partial charge in [0.1, 0.15) is 18.4 Å². The molecule has 2 aromatic rings. The molecule has 0 unspecified atom stereocenters. The van der Waals surface area contributed by atoms with E-state index in [9.17, 15) is 0 Å². The third-order valence-electron chi connectivity index (χ3n) is 2.89. The van der Waals surface area contributed by atoms with Crippen LogP contribution in [0.5, 0.6) is 11.5 Å². The van der Waals surface area contributed by atoms with Gasteiger partial charge in [0.2, 0.25) is 0 Å². The first-order valence-corrected chi connectivity index (χ1v) is 7.02. The number of pyridine rings is 1. The molecule has 0 aliphatic rings. The van der Waals surface area contributed by atoms with Crippen LogP contribution in [0.1, 0.15) is 16.8 Å². The molecular weight excluding hydrogens is 334 g/mol. The third kappa shape index (κ3) is 3.51. The van der Waals surface area contributed by atoms with Gasteiger partial charge < -0.3 is 15.2 Å². The second-order valence-corrected chi connectivity index (χ2v) is 5.08.